The molecule has 7 heteroatoms. The van der Waals surface area contributed by atoms with E-state index in [1.54, 1.807) is 17.5 Å². The highest BCUT2D eigenvalue weighted by Crippen LogP contribution is 2.38. The zero-order chi connectivity index (χ0) is 19.4. The van der Waals surface area contributed by atoms with E-state index in [0.29, 0.717) is 30.9 Å². The predicted octanol–water partition coefficient (Wildman–Crippen LogP) is 2.83. The number of carbonyl (C=O) groups excluding carboxylic acids is 1. The molecule has 1 aromatic carbocycles. The van der Waals surface area contributed by atoms with Gasteiger partial charge >= 0.3 is 0 Å². The molecule has 2 bridgehead atoms. The minimum atomic E-state index is 0.0182. The SMILES string of the molecule is O=C(c1nccc2ccccc12)N1CCc2nc(N3C4CCC3CNC4)sc2C1. The van der Waals surface area contributed by atoms with E-state index in [1.807, 2.05) is 35.2 Å². The highest BCUT2D eigenvalue weighted by molar-refractivity contribution is 7.15. The molecule has 148 valence electrons. The van der Waals surface area contributed by atoms with Gasteiger partial charge in [-0.3, -0.25) is 9.78 Å². The molecular formula is C22H23N5OS. The lowest BCUT2D eigenvalue weighted by atomic mass is 10.1. The Bertz CT molecular complexity index is 1070. The van der Waals surface area contributed by atoms with Crippen molar-refractivity contribution in [1.82, 2.24) is 20.2 Å². The molecule has 2 unspecified atom stereocenters. The molecule has 3 aliphatic heterocycles. The standard InChI is InChI=1S/C22H23N5OS/c28-21(20-17-4-2-1-3-14(17)7-9-24-20)26-10-8-18-19(13-26)29-22(25-18)27-15-5-6-16(27)12-23-11-15/h1-4,7,9,15-16,23H,5-6,8,10-13H2. The lowest BCUT2D eigenvalue weighted by molar-refractivity contribution is 0.0732. The molecule has 2 saturated heterocycles. The number of nitrogens with zero attached hydrogens (tertiary/aromatic N) is 4. The number of pyridine rings is 1. The minimum Gasteiger partial charge on any atom is -0.340 e. The van der Waals surface area contributed by atoms with Gasteiger partial charge in [-0.2, -0.15) is 0 Å². The van der Waals surface area contributed by atoms with Crippen LogP contribution in [0.25, 0.3) is 10.8 Å². The summed E-state index contributed by atoms with van der Waals surface area (Å²) in [7, 11) is 0. The highest BCUT2D eigenvalue weighted by atomic mass is 32.1. The summed E-state index contributed by atoms with van der Waals surface area (Å²) in [6.45, 7) is 3.45. The van der Waals surface area contributed by atoms with Gasteiger partial charge in [-0.15, -0.1) is 0 Å². The smallest absolute Gasteiger partial charge is 0.273 e. The zero-order valence-corrected chi connectivity index (χ0v) is 17.0. The van der Waals surface area contributed by atoms with E-state index in [1.165, 1.54) is 23.4 Å². The molecule has 3 aliphatic rings. The molecule has 2 aromatic heterocycles. The number of hydrogen-bond donors (Lipinski definition) is 1. The van der Waals surface area contributed by atoms with Crippen LogP contribution in [0.4, 0.5) is 5.13 Å². The summed E-state index contributed by atoms with van der Waals surface area (Å²) in [4.78, 5) is 28.4. The van der Waals surface area contributed by atoms with Gasteiger partial charge in [0.05, 0.1) is 12.2 Å². The first-order chi connectivity index (χ1) is 14.3. The van der Waals surface area contributed by atoms with E-state index in [-0.39, 0.29) is 5.91 Å². The number of rotatable bonds is 2. The third-order valence-electron chi connectivity index (χ3n) is 6.48. The quantitative estimate of drug-likeness (QED) is 0.710. The average molecular weight is 406 g/mol. The first-order valence-corrected chi connectivity index (χ1v) is 11.2. The Morgan fingerprint density at radius 3 is 2.83 bits per heavy atom. The fraction of sp³-hybridized carbons (Fsp3) is 0.409. The number of hydrogen-bond acceptors (Lipinski definition) is 6. The summed E-state index contributed by atoms with van der Waals surface area (Å²) < 4.78 is 0. The topological polar surface area (TPSA) is 61.4 Å². The molecule has 0 spiro atoms. The van der Waals surface area contributed by atoms with E-state index in [0.717, 1.165) is 35.4 Å². The van der Waals surface area contributed by atoms with E-state index < -0.39 is 0 Å². The van der Waals surface area contributed by atoms with Crippen LogP contribution in [0.1, 0.15) is 33.9 Å². The lowest BCUT2D eigenvalue weighted by Gasteiger charge is -2.35. The molecule has 6 nitrogen and oxygen atoms in total. The van der Waals surface area contributed by atoms with Crippen LogP contribution in [-0.4, -0.2) is 52.5 Å². The van der Waals surface area contributed by atoms with Gasteiger partial charge in [0, 0.05) is 54.6 Å². The normalized spacial score (nSPS) is 23.4. The van der Waals surface area contributed by atoms with Crippen molar-refractivity contribution in [2.75, 3.05) is 24.5 Å². The van der Waals surface area contributed by atoms with Crippen LogP contribution in [0, 0.1) is 0 Å². The molecule has 2 fully saturated rings. The molecular weight excluding hydrogens is 382 g/mol. The maximum absolute atomic E-state index is 13.3. The minimum absolute atomic E-state index is 0.0182. The van der Waals surface area contributed by atoms with E-state index in [9.17, 15) is 4.79 Å². The van der Waals surface area contributed by atoms with Crippen LogP contribution in [0.2, 0.25) is 0 Å². The van der Waals surface area contributed by atoms with Crippen molar-refractivity contribution in [2.24, 2.45) is 0 Å². The number of amides is 1. The van der Waals surface area contributed by atoms with Gasteiger partial charge in [-0.25, -0.2) is 4.98 Å². The lowest BCUT2D eigenvalue weighted by Crippen LogP contribution is -2.51. The van der Waals surface area contributed by atoms with Gasteiger partial charge in [0.2, 0.25) is 0 Å². The molecule has 5 heterocycles. The van der Waals surface area contributed by atoms with Crippen LogP contribution in [0.5, 0.6) is 0 Å². The molecule has 3 aromatic rings. The second-order valence-corrected chi connectivity index (χ2v) is 9.24. The second kappa shape index (κ2) is 6.78. The van der Waals surface area contributed by atoms with Crippen molar-refractivity contribution in [3.8, 4) is 0 Å². The fourth-order valence-corrected chi connectivity index (χ4v) is 6.26. The third-order valence-corrected chi connectivity index (χ3v) is 7.58. The largest absolute Gasteiger partial charge is 0.340 e. The number of nitrogens with one attached hydrogen (secondary N) is 1. The van der Waals surface area contributed by atoms with Gasteiger partial charge in [0.25, 0.3) is 5.91 Å². The summed E-state index contributed by atoms with van der Waals surface area (Å²) in [6.07, 6.45) is 5.05. The molecule has 0 saturated carbocycles. The Balaban J connectivity index is 1.28. The first kappa shape index (κ1) is 17.4. The zero-order valence-electron chi connectivity index (χ0n) is 16.2. The van der Waals surface area contributed by atoms with Crippen LogP contribution >= 0.6 is 11.3 Å². The molecule has 0 aliphatic carbocycles. The molecule has 0 radical (unpaired) electrons. The number of piperazine rings is 1. The third kappa shape index (κ3) is 2.83. The Morgan fingerprint density at radius 2 is 1.97 bits per heavy atom. The maximum Gasteiger partial charge on any atom is 0.273 e. The molecule has 29 heavy (non-hydrogen) atoms. The summed E-state index contributed by atoms with van der Waals surface area (Å²) in [5.41, 5.74) is 1.73. The predicted molar refractivity (Wildman–Crippen MR) is 114 cm³/mol. The highest BCUT2D eigenvalue weighted by Gasteiger charge is 2.39. The Labute approximate surface area is 173 Å². The number of carbonyl (C=O) groups is 1. The van der Waals surface area contributed by atoms with E-state index in [2.05, 4.69) is 15.2 Å². The van der Waals surface area contributed by atoms with Crippen molar-refractivity contribution < 1.29 is 4.79 Å². The number of thiazole rings is 1. The number of benzene rings is 1. The van der Waals surface area contributed by atoms with Crippen molar-refractivity contribution in [3.63, 3.8) is 0 Å². The van der Waals surface area contributed by atoms with Crippen LogP contribution in [0.15, 0.2) is 36.5 Å². The molecule has 1 amide bonds. The van der Waals surface area contributed by atoms with Crippen molar-refractivity contribution >= 4 is 33.1 Å². The molecule has 2 atom stereocenters. The second-order valence-electron chi connectivity index (χ2n) is 8.17. The maximum atomic E-state index is 13.3. The van der Waals surface area contributed by atoms with Gasteiger partial charge in [0.15, 0.2) is 5.13 Å². The summed E-state index contributed by atoms with van der Waals surface area (Å²) in [5.74, 6) is 0.0182. The van der Waals surface area contributed by atoms with Gasteiger partial charge in [0.1, 0.15) is 5.69 Å². The van der Waals surface area contributed by atoms with E-state index in [4.69, 9.17) is 4.98 Å². The Hall–Kier alpha value is -2.51. The average Bonchev–Trinajstić information content (AvgIpc) is 3.29. The first-order valence-electron chi connectivity index (χ1n) is 10.4. The Kier molecular flexibility index (Phi) is 4.06. The number of anilines is 1. The summed E-state index contributed by atoms with van der Waals surface area (Å²) in [5, 5.41) is 6.67. The number of aromatic nitrogens is 2. The van der Waals surface area contributed by atoms with E-state index >= 15 is 0 Å². The van der Waals surface area contributed by atoms with Crippen molar-refractivity contribution in [2.45, 2.75) is 37.9 Å². The van der Waals surface area contributed by atoms with Crippen LogP contribution < -0.4 is 10.2 Å². The summed E-state index contributed by atoms with van der Waals surface area (Å²) >= 11 is 1.78. The van der Waals surface area contributed by atoms with Crippen molar-refractivity contribution in [3.05, 3.63) is 52.8 Å². The molecule has 6 rings (SSSR count). The monoisotopic (exact) mass is 405 g/mol. The van der Waals surface area contributed by atoms with Gasteiger partial charge in [-0.05, 0) is 24.3 Å². The molecule has 1 N–H and O–H groups in total. The van der Waals surface area contributed by atoms with Crippen molar-refractivity contribution in [1.29, 1.82) is 0 Å². The van der Waals surface area contributed by atoms with Crippen LogP contribution in [-0.2, 0) is 13.0 Å². The number of fused-ring (bicyclic) bond motifs is 4. The fourth-order valence-electron chi connectivity index (χ4n) is 5.00. The van der Waals surface area contributed by atoms with Gasteiger partial charge < -0.3 is 15.1 Å². The van der Waals surface area contributed by atoms with Gasteiger partial charge in [-0.1, -0.05) is 35.6 Å². The summed E-state index contributed by atoms with van der Waals surface area (Å²) in [6, 6.07) is 11.1. The Morgan fingerprint density at radius 1 is 1.14 bits per heavy atom. The van der Waals surface area contributed by atoms with Crippen LogP contribution in [0.3, 0.4) is 0 Å².